The summed E-state index contributed by atoms with van der Waals surface area (Å²) in [5.74, 6) is -0.119. The number of hydrogen-bond donors (Lipinski definition) is 2. The van der Waals surface area contributed by atoms with Gasteiger partial charge in [-0.25, -0.2) is 13.1 Å². The molecule has 1 amide bonds. The van der Waals surface area contributed by atoms with Gasteiger partial charge < -0.3 is 5.32 Å². The van der Waals surface area contributed by atoms with Crippen molar-refractivity contribution >= 4 is 15.9 Å². The van der Waals surface area contributed by atoms with Gasteiger partial charge in [0.2, 0.25) is 15.9 Å². The van der Waals surface area contributed by atoms with Crippen molar-refractivity contribution < 1.29 is 13.2 Å². The summed E-state index contributed by atoms with van der Waals surface area (Å²) in [4.78, 5) is 10.9. The Morgan fingerprint density at radius 1 is 1.25 bits per heavy atom. The van der Waals surface area contributed by atoms with Gasteiger partial charge in [0.05, 0.1) is 4.90 Å². The summed E-state index contributed by atoms with van der Waals surface area (Å²) in [5.41, 5.74) is 0.852. The van der Waals surface area contributed by atoms with Crippen molar-refractivity contribution in [3.63, 3.8) is 0 Å². The van der Waals surface area contributed by atoms with Gasteiger partial charge in [-0.3, -0.25) is 4.79 Å². The van der Waals surface area contributed by atoms with Gasteiger partial charge in [0.25, 0.3) is 0 Å². The number of benzene rings is 1. The lowest BCUT2D eigenvalue weighted by atomic mass is 10.2. The highest BCUT2D eigenvalue weighted by Gasteiger charge is 2.10. The van der Waals surface area contributed by atoms with Crippen LogP contribution in [0.15, 0.2) is 29.2 Å². The molecule has 1 aromatic rings. The van der Waals surface area contributed by atoms with Crippen LogP contribution in [-0.2, 0) is 21.4 Å². The van der Waals surface area contributed by atoms with E-state index in [0.717, 1.165) is 5.56 Å². The van der Waals surface area contributed by atoms with Crippen LogP contribution in [0.5, 0.6) is 0 Å². The fraction of sp³-hybridized carbons (Fsp3) is 0.300. The van der Waals surface area contributed by atoms with E-state index in [2.05, 4.69) is 10.0 Å². The highest BCUT2D eigenvalue weighted by Crippen LogP contribution is 2.09. The first-order valence-electron chi connectivity index (χ1n) is 4.72. The summed E-state index contributed by atoms with van der Waals surface area (Å²) in [6, 6.07) is 6.34. The SMILES string of the molecule is CNS(=O)(=O)c1ccc(CNC(C)=O)cc1. The van der Waals surface area contributed by atoms with Crippen molar-refractivity contribution in [1.82, 2.24) is 10.0 Å². The smallest absolute Gasteiger partial charge is 0.240 e. The Morgan fingerprint density at radius 2 is 1.81 bits per heavy atom. The van der Waals surface area contributed by atoms with Gasteiger partial charge in [0.1, 0.15) is 0 Å². The highest BCUT2D eigenvalue weighted by molar-refractivity contribution is 7.89. The molecule has 0 aromatic heterocycles. The zero-order valence-electron chi connectivity index (χ0n) is 9.15. The molecule has 0 spiro atoms. The zero-order chi connectivity index (χ0) is 12.2. The molecule has 0 aliphatic heterocycles. The summed E-state index contributed by atoms with van der Waals surface area (Å²) >= 11 is 0. The Balaban J connectivity index is 2.80. The lowest BCUT2D eigenvalue weighted by Gasteiger charge is -2.05. The molecule has 0 heterocycles. The van der Waals surface area contributed by atoms with Gasteiger partial charge in [0.15, 0.2) is 0 Å². The average molecular weight is 242 g/mol. The molecule has 0 unspecified atom stereocenters. The van der Waals surface area contributed by atoms with Crippen LogP contribution in [0.2, 0.25) is 0 Å². The number of amides is 1. The fourth-order valence-corrected chi connectivity index (χ4v) is 1.86. The van der Waals surface area contributed by atoms with Crippen molar-refractivity contribution in [1.29, 1.82) is 0 Å². The number of carbonyl (C=O) groups is 1. The molecule has 0 radical (unpaired) electrons. The molecule has 0 saturated carbocycles. The molecular weight excluding hydrogens is 228 g/mol. The molecule has 16 heavy (non-hydrogen) atoms. The topological polar surface area (TPSA) is 75.3 Å². The minimum absolute atomic E-state index is 0.119. The number of carbonyl (C=O) groups excluding carboxylic acids is 1. The molecule has 0 saturated heterocycles. The first-order valence-corrected chi connectivity index (χ1v) is 6.21. The zero-order valence-corrected chi connectivity index (χ0v) is 9.97. The summed E-state index contributed by atoms with van der Waals surface area (Å²) < 4.78 is 25.0. The van der Waals surface area contributed by atoms with Crippen LogP contribution in [-0.4, -0.2) is 21.4 Å². The largest absolute Gasteiger partial charge is 0.352 e. The van der Waals surface area contributed by atoms with Crippen LogP contribution in [0.25, 0.3) is 0 Å². The lowest BCUT2D eigenvalue weighted by molar-refractivity contribution is -0.119. The second kappa shape index (κ2) is 5.09. The quantitative estimate of drug-likeness (QED) is 0.793. The summed E-state index contributed by atoms with van der Waals surface area (Å²) in [7, 11) is -2.02. The van der Waals surface area contributed by atoms with Crippen molar-refractivity contribution in [2.75, 3.05) is 7.05 Å². The van der Waals surface area contributed by atoms with Gasteiger partial charge in [0, 0.05) is 13.5 Å². The molecule has 0 bridgehead atoms. The minimum atomic E-state index is -3.38. The third kappa shape index (κ3) is 3.32. The standard InChI is InChI=1S/C10H14N2O3S/c1-8(13)12-7-9-3-5-10(6-4-9)16(14,15)11-2/h3-6,11H,7H2,1-2H3,(H,12,13). The maximum Gasteiger partial charge on any atom is 0.240 e. The molecule has 1 rings (SSSR count). The molecule has 1 aromatic carbocycles. The van der Waals surface area contributed by atoms with Crippen LogP contribution >= 0.6 is 0 Å². The number of sulfonamides is 1. The lowest BCUT2D eigenvalue weighted by Crippen LogP contribution is -2.20. The monoisotopic (exact) mass is 242 g/mol. The van der Waals surface area contributed by atoms with Gasteiger partial charge in [-0.05, 0) is 24.7 Å². The first-order chi connectivity index (χ1) is 7.45. The van der Waals surface area contributed by atoms with Crippen LogP contribution in [0.3, 0.4) is 0 Å². The predicted octanol–water partition coefficient (Wildman–Crippen LogP) is 0.231. The number of rotatable bonds is 4. The second-order valence-electron chi connectivity index (χ2n) is 3.26. The van der Waals surface area contributed by atoms with Crippen LogP contribution in [0.1, 0.15) is 12.5 Å². The summed E-state index contributed by atoms with van der Waals surface area (Å²) in [6.45, 7) is 1.83. The maximum absolute atomic E-state index is 11.4. The Hall–Kier alpha value is -1.40. The van der Waals surface area contributed by atoms with E-state index in [-0.39, 0.29) is 10.8 Å². The van der Waals surface area contributed by atoms with Crippen LogP contribution in [0, 0.1) is 0 Å². The van der Waals surface area contributed by atoms with E-state index in [1.165, 1.54) is 26.1 Å². The van der Waals surface area contributed by atoms with Crippen molar-refractivity contribution in [2.45, 2.75) is 18.4 Å². The predicted molar refractivity (Wildman–Crippen MR) is 60.2 cm³/mol. The maximum atomic E-state index is 11.4. The van der Waals surface area contributed by atoms with Crippen LogP contribution < -0.4 is 10.0 Å². The molecular formula is C10H14N2O3S. The molecule has 5 nitrogen and oxygen atoms in total. The van der Waals surface area contributed by atoms with Crippen molar-refractivity contribution in [3.8, 4) is 0 Å². The van der Waals surface area contributed by atoms with Gasteiger partial charge in [-0.15, -0.1) is 0 Å². The fourth-order valence-electron chi connectivity index (χ4n) is 1.13. The van der Waals surface area contributed by atoms with Crippen molar-refractivity contribution in [3.05, 3.63) is 29.8 Å². The summed E-state index contributed by atoms with van der Waals surface area (Å²) in [6.07, 6.45) is 0. The molecule has 0 fully saturated rings. The molecule has 0 aliphatic carbocycles. The minimum Gasteiger partial charge on any atom is -0.352 e. The Bertz CT molecular complexity index is 465. The van der Waals surface area contributed by atoms with Gasteiger partial charge in [-0.1, -0.05) is 12.1 Å². The molecule has 0 atom stereocenters. The third-order valence-electron chi connectivity index (χ3n) is 2.04. The van der Waals surface area contributed by atoms with E-state index in [9.17, 15) is 13.2 Å². The molecule has 6 heteroatoms. The Kier molecular flexibility index (Phi) is 4.03. The van der Waals surface area contributed by atoms with E-state index in [0.29, 0.717) is 6.54 Å². The second-order valence-corrected chi connectivity index (χ2v) is 5.15. The Labute approximate surface area is 94.9 Å². The first kappa shape index (κ1) is 12.7. The highest BCUT2D eigenvalue weighted by atomic mass is 32.2. The summed E-state index contributed by atoms with van der Waals surface area (Å²) in [5, 5.41) is 2.63. The van der Waals surface area contributed by atoms with Gasteiger partial charge in [-0.2, -0.15) is 0 Å². The van der Waals surface area contributed by atoms with Gasteiger partial charge >= 0.3 is 0 Å². The molecule has 88 valence electrons. The van der Waals surface area contributed by atoms with E-state index in [1.54, 1.807) is 12.1 Å². The van der Waals surface area contributed by atoms with Crippen molar-refractivity contribution in [2.24, 2.45) is 0 Å². The van der Waals surface area contributed by atoms with E-state index < -0.39 is 10.0 Å². The van der Waals surface area contributed by atoms with Crippen LogP contribution in [0.4, 0.5) is 0 Å². The third-order valence-corrected chi connectivity index (χ3v) is 3.47. The van der Waals surface area contributed by atoms with E-state index in [4.69, 9.17) is 0 Å². The average Bonchev–Trinajstić information content (AvgIpc) is 2.27. The normalized spacial score (nSPS) is 11.1. The number of nitrogens with one attached hydrogen (secondary N) is 2. The van der Waals surface area contributed by atoms with E-state index in [1.807, 2.05) is 0 Å². The number of hydrogen-bond acceptors (Lipinski definition) is 3. The Morgan fingerprint density at radius 3 is 2.25 bits per heavy atom. The molecule has 2 N–H and O–H groups in total. The van der Waals surface area contributed by atoms with E-state index >= 15 is 0 Å². The molecule has 0 aliphatic rings.